The molecule has 0 bridgehead atoms. The van der Waals surface area contributed by atoms with Crippen molar-refractivity contribution in [3.63, 3.8) is 0 Å². The largest absolute Gasteiger partial charge is 0.444 e. The number of ether oxygens (including phenoxy) is 1. The SMILES string of the molecule is CC(C)(C)OC(=O)NC12CCC[C@@H]1C1CCC3C4(C)CCCC(C)(C)C4CCC3(C)[C@]1(C)CC2. The number of hydrogen-bond acceptors (Lipinski definition) is 2. The topological polar surface area (TPSA) is 38.3 Å². The summed E-state index contributed by atoms with van der Waals surface area (Å²) in [5.74, 6) is 3.09. The molecule has 34 heavy (non-hydrogen) atoms. The summed E-state index contributed by atoms with van der Waals surface area (Å²) in [4.78, 5) is 12.9. The zero-order valence-electron chi connectivity index (χ0n) is 23.6. The van der Waals surface area contributed by atoms with E-state index in [1.54, 1.807) is 0 Å². The van der Waals surface area contributed by atoms with Gasteiger partial charge in [-0.05, 0) is 130 Å². The Morgan fingerprint density at radius 2 is 1.47 bits per heavy atom. The number of alkyl carbamates (subject to hydrolysis) is 1. The highest BCUT2D eigenvalue weighted by Crippen LogP contribution is 2.75. The molecule has 1 N–H and O–H groups in total. The molecule has 5 fully saturated rings. The molecule has 3 heteroatoms. The first-order valence-electron chi connectivity index (χ1n) is 14.7. The Balaban J connectivity index is 1.44. The quantitative estimate of drug-likeness (QED) is 0.416. The normalized spacial score (nSPS) is 49.8. The van der Waals surface area contributed by atoms with Gasteiger partial charge in [0.15, 0.2) is 0 Å². The van der Waals surface area contributed by atoms with Crippen molar-refractivity contribution in [2.45, 2.75) is 144 Å². The second-order valence-corrected chi connectivity index (χ2v) is 15.8. The molecule has 0 aromatic heterocycles. The molecule has 5 aliphatic carbocycles. The highest BCUT2D eigenvalue weighted by Gasteiger charge is 2.69. The molecule has 194 valence electrons. The molecule has 0 aromatic carbocycles. The summed E-state index contributed by atoms with van der Waals surface area (Å²) in [7, 11) is 0. The molecule has 5 saturated carbocycles. The Hall–Kier alpha value is -0.730. The molecule has 1 amide bonds. The van der Waals surface area contributed by atoms with Crippen molar-refractivity contribution in [1.82, 2.24) is 5.32 Å². The first kappa shape index (κ1) is 24.9. The third kappa shape index (κ3) is 3.44. The lowest BCUT2D eigenvalue weighted by molar-refractivity contribution is -0.228. The van der Waals surface area contributed by atoms with Gasteiger partial charge >= 0.3 is 6.09 Å². The highest BCUT2D eigenvalue weighted by molar-refractivity contribution is 5.69. The third-order valence-corrected chi connectivity index (χ3v) is 12.9. The van der Waals surface area contributed by atoms with Crippen LogP contribution in [0.15, 0.2) is 0 Å². The molecule has 8 atom stereocenters. The molecular formula is C31H53NO2. The van der Waals surface area contributed by atoms with Gasteiger partial charge in [-0.25, -0.2) is 4.79 Å². The van der Waals surface area contributed by atoms with Crippen LogP contribution in [0.5, 0.6) is 0 Å². The summed E-state index contributed by atoms with van der Waals surface area (Å²) in [6.45, 7) is 19.2. The van der Waals surface area contributed by atoms with E-state index in [-0.39, 0.29) is 11.6 Å². The minimum absolute atomic E-state index is 0.0381. The van der Waals surface area contributed by atoms with Crippen LogP contribution < -0.4 is 5.32 Å². The molecule has 0 aromatic rings. The first-order valence-corrected chi connectivity index (χ1v) is 14.7. The van der Waals surface area contributed by atoms with Crippen LogP contribution in [0.1, 0.15) is 132 Å². The molecule has 5 rings (SSSR count). The van der Waals surface area contributed by atoms with Gasteiger partial charge in [0.1, 0.15) is 5.60 Å². The van der Waals surface area contributed by atoms with E-state index in [0.717, 1.165) is 30.6 Å². The molecule has 0 aliphatic heterocycles. The number of carbonyl (C=O) groups is 1. The summed E-state index contributed by atoms with van der Waals surface area (Å²) in [6, 6.07) is 0. The fourth-order valence-corrected chi connectivity index (χ4v) is 11.4. The summed E-state index contributed by atoms with van der Waals surface area (Å²) in [5, 5.41) is 3.49. The van der Waals surface area contributed by atoms with Crippen molar-refractivity contribution in [3.8, 4) is 0 Å². The third-order valence-electron chi connectivity index (χ3n) is 12.9. The molecule has 6 unspecified atom stereocenters. The maximum atomic E-state index is 12.9. The average molecular weight is 472 g/mol. The number of carbonyl (C=O) groups excluding carboxylic acids is 1. The molecule has 0 heterocycles. The number of hydrogen-bond donors (Lipinski definition) is 1. The molecule has 0 spiro atoms. The Labute approximate surface area is 209 Å². The summed E-state index contributed by atoms with van der Waals surface area (Å²) >= 11 is 0. The van der Waals surface area contributed by atoms with Crippen LogP contribution >= 0.6 is 0 Å². The summed E-state index contributed by atoms with van der Waals surface area (Å²) < 4.78 is 5.75. The Bertz CT molecular complexity index is 828. The van der Waals surface area contributed by atoms with E-state index < -0.39 is 5.60 Å². The number of fused-ring (bicyclic) bond motifs is 7. The molecule has 5 aliphatic rings. The van der Waals surface area contributed by atoms with Gasteiger partial charge < -0.3 is 10.1 Å². The average Bonchev–Trinajstić information content (AvgIpc) is 3.10. The zero-order chi connectivity index (χ0) is 24.8. The molecule has 0 radical (unpaired) electrons. The van der Waals surface area contributed by atoms with Gasteiger partial charge in [-0.2, -0.15) is 0 Å². The zero-order valence-corrected chi connectivity index (χ0v) is 23.6. The van der Waals surface area contributed by atoms with Gasteiger partial charge in [0, 0.05) is 5.54 Å². The Kier molecular flexibility index (Phi) is 5.60. The van der Waals surface area contributed by atoms with E-state index >= 15 is 0 Å². The maximum absolute atomic E-state index is 12.9. The van der Waals surface area contributed by atoms with Gasteiger partial charge in [0.05, 0.1) is 0 Å². The van der Waals surface area contributed by atoms with Gasteiger partial charge in [-0.1, -0.05) is 47.5 Å². The van der Waals surface area contributed by atoms with Crippen molar-refractivity contribution >= 4 is 6.09 Å². The number of amides is 1. The predicted molar refractivity (Wildman–Crippen MR) is 140 cm³/mol. The minimum atomic E-state index is -0.439. The van der Waals surface area contributed by atoms with Crippen LogP contribution in [0.4, 0.5) is 4.79 Å². The van der Waals surface area contributed by atoms with Gasteiger partial charge in [-0.15, -0.1) is 0 Å². The van der Waals surface area contributed by atoms with Crippen LogP contribution in [0.2, 0.25) is 0 Å². The van der Waals surface area contributed by atoms with Gasteiger partial charge in [0.2, 0.25) is 0 Å². The fourth-order valence-electron chi connectivity index (χ4n) is 11.4. The first-order chi connectivity index (χ1) is 15.7. The predicted octanol–water partition coefficient (Wildman–Crippen LogP) is 8.51. The van der Waals surface area contributed by atoms with Crippen LogP contribution in [-0.4, -0.2) is 17.2 Å². The number of nitrogens with one attached hydrogen (secondary N) is 1. The van der Waals surface area contributed by atoms with E-state index in [2.05, 4.69) is 39.9 Å². The van der Waals surface area contributed by atoms with Crippen LogP contribution in [0, 0.1) is 45.3 Å². The van der Waals surface area contributed by atoms with Crippen molar-refractivity contribution in [2.75, 3.05) is 0 Å². The van der Waals surface area contributed by atoms with E-state index in [1.165, 1.54) is 64.2 Å². The van der Waals surface area contributed by atoms with Gasteiger partial charge in [0.25, 0.3) is 0 Å². The van der Waals surface area contributed by atoms with Crippen molar-refractivity contribution in [1.29, 1.82) is 0 Å². The Morgan fingerprint density at radius 1 is 0.735 bits per heavy atom. The highest BCUT2D eigenvalue weighted by atomic mass is 16.6. The smallest absolute Gasteiger partial charge is 0.408 e. The molecular weight excluding hydrogens is 418 g/mol. The van der Waals surface area contributed by atoms with Crippen LogP contribution in [0.25, 0.3) is 0 Å². The number of rotatable bonds is 1. The van der Waals surface area contributed by atoms with Crippen molar-refractivity contribution in [3.05, 3.63) is 0 Å². The van der Waals surface area contributed by atoms with E-state index in [0.29, 0.717) is 27.6 Å². The fraction of sp³-hybridized carbons (Fsp3) is 0.968. The second-order valence-electron chi connectivity index (χ2n) is 15.8. The van der Waals surface area contributed by atoms with Crippen molar-refractivity contribution < 1.29 is 9.53 Å². The molecule has 0 saturated heterocycles. The van der Waals surface area contributed by atoms with E-state index in [9.17, 15) is 4.79 Å². The summed E-state index contributed by atoms with van der Waals surface area (Å²) in [6.07, 6.45) is 15.7. The lowest BCUT2D eigenvalue weighted by Gasteiger charge is -2.72. The van der Waals surface area contributed by atoms with E-state index in [4.69, 9.17) is 4.74 Å². The minimum Gasteiger partial charge on any atom is -0.444 e. The summed E-state index contributed by atoms with van der Waals surface area (Å²) in [5.41, 5.74) is 1.34. The van der Waals surface area contributed by atoms with Crippen LogP contribution in [0.3, 0.4) is 0 Å². The van der Waals surface area contributed by atoms with Crippen molar-refractivity contribution in [2.24, 2.45) is 45.3 Å². The monoisotopic (exact) mass is 471 g/mol. The Morgan fingerprint density at radius 3 is 2.18 bits per heavy atom. The maximum Gasteiger partial charge on any atom is 0.408 e. The second kappa shape index (κ2) is 7.64. The van der Waals surface area contributed by atoms with Crippen LogP contribution in [-0.2, 0) is 4.74 Å². The lowest BCUT2D eigenvalue weighted by Crippen LogP contribution is -2.68. The van der Waals surface area contributed by atoms with Gasteiger partial charge in [-0.3, -0.25) is 0 Å². The lowest BCUT2D eigenvalue weighted by atomic mass is 9.33. The standard InChI is InChI=1S/C31H53NO2/c1-26(2,3)34-25(33)32-31-17-9-11-22(31)21-12-13-24-28(6)16-10-15-27(4,5)23(28)14-18-30(24,8)29(21,7)19-20-31/h21-24H,9-20H2,1-8H3,(H,32,33)/t21?,22-,23?,24?,28?,29-,30?,31?/m1/s1. The van der Waals surface area contributed by atoms with E-state index in [1.807, 2.05) is 20.8 Å². The molecule has 3 nitrogen and oxygen atoms in total.